The SMILES string of the molecule is N[C@@H](Cc1ccc(O)cc1)C(=O)O.O=S(=O)(O)C(F)(F)F. The fourth-order valence-corrected chi connectivity index (χ4v) is 0.973. The van der Waals surface area contributed by atoms with Gasteiger partial charge in [-0.25, -0.2) is 0 Å². The van der Waals surface area contributed by atoms with Gasteiger partial charge in [-0.3, -0.25) is 9.35 Å². The normalized spacial score (nSPS) is 13.0. The summed E-state index contributed by atoms with van der Waals surface area (Å²) in [5, 5.41) is 17.5. The Morgan fingerprint density at radius 3 is 1.90 bits per heavy atom. The van der Waals surface area contributed by atoms with Gasteiger partial charge in [0.2, 0.25) is 0 Å². The summed E-state index contributed by atoms with van der Waals surface area (Å²) in [5.74, 6) is -0.860. The van der Waals surface area contributed by atoms with Crippen molar-refractivity contribution in [3.05, 3.63) is 29.8 Å². The van der Waals surface area contributed by atoms with E-state index >= 15 is 0 Å². The lowest BCUT2D eigenvalue weighted by atomic mass is 10.1. The zero-order valence-electron chi connectivity index (χ0n) is 10.3. The predicted octanol–water partition coefficient (Wildman–Crippen LogP) is 0.741. The number of benzene rings is 1. The van der Waals surface area contributed by atoms with Gasteiger partial charge in [-0.05, 0) is 24.1 Å². The van der Waals surface area contributed by atoms with Crippen molar-refractivity contribution in [2.75, 3.05) is 0 Å². The van der Waals surface area contributed by atoms with Crippen LogP contribution >= 0.6 is 0 Å². The van der Waals surface area contributed by atoms with Gasteiger partial charge >= 0.3 is 21.6 Å². The molecule has 7 nitrogen and oxygen atoms in total. The maximum atomic E-state index is 10.7. The summed E-state index contributed by atoms with van der Waals surface area (Å²) in [6, 6.07) is 5.42. The fourth-order valence-electron chi connectivity index (χ4n) is 0.973. The predicted molar refractivity (Wildman–Crippen MR) is 65.0 cm³/mol. The van der Waals surface area contributed by atoms with Crippen molar-refractivity contribution >= 4 is 16.1 Å². The molecule has 0 spiro atoms. The quantitative estimate of drug-likeness (QED) is 0.473. The molecule has 0 amide bonds. The Morgan fingerprint density at radius 2 is 1.62 bits per heavy atom. The minimum Gasteiger partial charge on any atom is -0.508 e. The molecule has 21 heavy (non-hydrogen) atoms. The number of carbonyl (C=O) groups is 1. The number of alkyl halides is 3. The molecule has 0 aliphatic rings. The number of rotatable bonds is 3. The van der Waals surface area contributed by atoms with Crippen LogP contribution in [0.25, 0.3) is 0 Å². The Kier molecular flexibility index (Phi) is 6.60. The number of hydrogen-bond acceptors (Lipinski definition) is 5. The van der Waals surface area contributed by atoms with E-state index in [-0.39, 0.29) is 12.2 Å². The molecule has 0 radical (unpaired) electrons. The van der Waals surface area contributed by atoms with E-state index in [1.807, 2.05) is 0 Å². The van der Waals surface area contributed by atoms with E-state index in [4.69, 9.17) is 28.9 Å². The van der Waals surface area contributed by atoms with E-state index in [0.29, 0.717) is 0 Å². The zero-order valence-corrected chi connectivity index (χ0v) is 11.1. The van der Waals surface area contributed by atoms with Crippen LogP contribution in [0.15, 0.2) is 24.3 Å². The van der Waals surface area contributed by atoms with Crippen molar-refractivity contribution in [3.63, 3.8) is 0 Å². The molecule has 0 aliphatic carbocycles. The second-order valence-electron chi connectivity index (χ2n) is 3.74. The van der Waals surface area contributed by atoms with Gasteiger partial charge in [0.05, 0.1) is 0 Å². The summed E-state index contributed by atoms with van der Waals surface area (Å²) in [6.07, 6.45) is 0.273. The molecule has 0 aliphatic heterocycles. The Bertz CT molecular complexity index is 569. The number of halogens is 3. The van der Waals surface area contributed by atoms with Gasteiger partial charge in [0.25, 0.3) is 0 Å². The van der Waals surface area contributed by atoms with Gasteiger partial charge in [0.15, 0.2) is 0 Å². The standard InChI is InChI=1S/C9H11NO3.CHF3O3S/c10-8(9(12)13)5-6-1-3-7(11)4-2-6;2-1(3,4)8(5,6)7/h1-4,8,11H,5,10H2,(H,12,13);(H,5,6,7)/t8-;/m0./s1. The summed E-state index contributed by atoms with van der Waals surface area (Å²) >= 11 is 0. The Morgan fingerprint density at radius 1 is 1.24 bits per heavy atom. The second-order valence-corrected chi connectivity index (χ2v) is 5.15. The molecule has 1 atom stereocenters. The van der Waals surface area contributed by atoms with Gasteiger partial charge < -0.3 is 15.9 Å². The molecule has 1 aromatic carbocycles. The molecule has 0 bridgehead atoms. The summed E-state index contributed by atoms with van der Waals surface area (Å²) in [7, 11) is -5.84. The van der Waals surface area contributed by atoms with Crippen molar-refractivity contribution in [3.8, 4) is 5.75 Å². The van der Waals surface area contributed by atoms with Gasteiger partial charge in [0, 0.05) is 0 Å². The molecule has 11 heteroatoms. The number of carboxylic acids is 1. The van der Waals surface area contributed by atoms with Crippen LogP contribution in [-0.2, 0) is 21.3 Å². The molecule has 0 fully saturated rings. The molecule has 1 aromatic rings. The third kappa shape index (κ3) is 7.48. The summed E-state index contributed by atoms with van der Waals surface area (Å²) in [4.78, 5) is 10.4. The first-order chi connectivity index (χ1) is 9.34. The topological polar surface area (TPSA) is 138 Å². The lowest BCUT2D eigenvalue weighted by molar-refractivity contribution is -0.138. The molecule has 0 heterocycles. The third-order valence-electron chi connectivity index (χ3n) is 2.00. The average Bonchev–Trinajstić information content (AvgIpc) is 2.30. The van der Waals surface area contributed by atoms with Crippen LogP contribution in [0.3, 0.4) is 0 Å². The Hall–Kier alpha value is -1.85. The first-order valence-electron chi connectivity index (χ1n) is 5.14. The summed E-state index contributed by atoms with van der Waals surface area (Å²) in [6.45, 7) is 0. The molecular weight excluding hydrogens is 319 g/mol. The number of phenolic OH excluding ortho intramolecular Hbond substituents is 1. The first-order valence-corrected chi connectivity index (χ1v) is 6.58. The van der Waals surface area contributed by atoms with Crippen LogP contribution in [0, 0.1) is 0 Å². The molecule has 5 N–H and O–H groups in total. The number of hydrogen-bond donors (Lipinski definition) is 4. The van der Waals surface area contributed by atoms with Crippen LogP contribution in [0.4, 0.5) is 13.2 Å². The van der Waals surface area contributed by atoms with Crippen LogP contribution in [0.1, 0.15) is 5.56 Å². The lowest BCUT2D eigenvalue weighted by Gasteiger charge is -2.05. The van der Waals surface area contributed by atoms with Gasteiger partial charge in [-0.1, -0.05) is 12.1 Å². The fraction of sp³-hybridized carbons (Fsp3) is 0.300. The van der Waals surface area contributed by atoms with E-state index < -0.39 is 27.6 Å². The van der Waals surface area contributed by atoms with Crippen LogP contribution < -0.4 is 5.73 Å². The van der Waals surface area contributed by atoms with Crippen molar-refractivity contribution < 1.29 is 41.1 Å². The average molecular weight is 331 g/mol. The number of phenols is 1. The van der Waals surface area contributed by atoms with E-state index in [9.17, 15) is 18.0 Å². The number of aliphatic carboxylic acids is 1. The first kappa shape index (κ1) is 19.1. The smallest absolute Gasteiger partial charge is 0.508 e. The highest BCUT2D eigenvalue weighted by Crippen LogP contribution is 2.20. The second kappa shape index (κ2) is 7.24. The van der Waals surface area contributed by atoms with E-state index in [1.165, 1.54) is 12.1 Å². The van der Waals surface area contributed by atoms with Gasteiger partial charge in [-0.2, -0.15) is 21.6 Å². The maximum Gasteiger partial charge on any atom is 0.522 e. The number of nitrogens with two attached hydrogens (primary N) is 1. The molecule has 0 aromatic heterocycles. The van der Waals surface area contributed by atoms with E-state index in [1.54, 1.807) is 12.1 Å². The van der Waals surface area contributed by atoms with E-state index in [0.717, 1.165) is 5.56 Å². The largest absolute Gasteiger partial charge is 0.522 e. The van der Waals surface area contributed by atoms with Crippen LogP contribution in [0.2, 0.25) is 0 Å². The molecule has 0 saturated carbocycles. The molecular formula is C10H12F3NO6S. The summed E-state index contributed by atoms with van der Waals surface area (Å²) in [5.41, 5.74) is 0.589. The highest BCUT2D eigenvalue weighted by atomic mass is 32.2. The highest BCUT2D eigenvalue weighted by molar-refractivity contribution is 7.86. The Labute approximate surface area is 117 Å². The molecule has 120 valence electrons. The molecule has 1 rings (SSSR count). The third-order valence-corrected chi connectivity index (χ3v) is 2.59. The monoisotopic (exact) mass is 331 g/mol. The van der Waals surface area contributed by atoms with Gasteiger partial charge in [-0.15, -0.1) is 0 Å². The van der Waals surface area contributed by atoms with Crippen molar-refractivity contribution in [1.82, 2.24) is 0 Å². The minimum atomic E-state index is -5.84. The van der Waals surface area contributed by atoms with Crippen molar-refractivity contribution in [2.45, 2.75) is 18.0 Å². The van der Waals surface area contributed by atoms with Crippen LogP contribution in [-0.4, -0.2) is 40.7 Å². The molecule has 0 unspecified atom stereocenters. The zero-order chi connectivity index (χ0) is 16.8. The number of carboxylic acid groups (broad SMARTS) is 1. The highest BCUT2D eigenvalue weighted by Gasteiger charge is 2.44. The minimum absolute atomic E-state index is 0.160. The van der Waals surface area contributed by atoms with Gasteiger partial charge in [0.1, 0.15) is 11.8 Å². The number of aromatic hydroxyl groups is 1. The van der Waals surface area contributed by atoms with E-state index in [2.05, 4.69) is 0 Å². The maximum absolute atomic E-state index is 10.7. The molecule has 0 saturated heterocycles. The van der Waals surface area contributed by atoms with Crippen molar-refractivity contribution in [1.29, 1.82) is 0 Å². The lowest BCUT2D eigenvalue weighted by Crippen LogP contribution is -2.32. The Balaban J connectivity index is 0.000000433. The summed E-state index contributed by atoms with van der Waals surface area (Å²) < 4.78 is 57.5. The van der Waals surface area contributed by atoms with Crippen LogP contribution in [0.5, 0.6) is 5.75 Å². The van der Waals surface area contributed by atoms with Crippen molar-refractivity contribution in [2.24, 2.45) is 5.73 Å².